The highest BCUT2D eigenvalue weighted by atomic mass is 16.4. The normalized spacial score (nSPS) is 22.2. The quantitative estimate of drug-likeness (QED) is 0.906. The smallest absolute Gasteiger partial charge is 0.306 e. The van der Waals surface area contributed by atoms with Gasteiger partial charge in [-0.1, -0.05) is 18.2 Å². The van der Waals surface area contributed by atoms with Crippen molar-refractivity contribution in [2.45, 2.75) is 39.2 Å². The number of carbonyl (C=O) groups is 2. The predicted molar refractivity (Wildman–Crippen MR) is 86.0 cm³/mol. The maximum Gasteiger partial charge on any atom is 0.306 e. The van der Waals surface area contributed by atoms with E-state index in [9.17, 15) is 9.59 Å². The van der Waals surface area contributed by atoms with Gasteiger partial charge in [-0.2, -0.15) is 0 Å². The molecule has 5 nitrogen and oxygen atoms in total. The minimum atomic E-state index is -0.804. The number of furan rings is 1. The number of carboxylic acids is 1. The Morgan fingerprint density at radius 1 is 1.26 bits per heavy atom. The molecule has 1 heterocycles. The van der Waals surface area contributed by atoms with Crippen molar-refractivity contribution >= 4 is 22.8 Å². The average molecular weight is 315 g/mol. The summed E-state index contributed by atoms with van der Waals surface area (Å²) in [7, 11) is 0. The van der Waals surface area contributed by atoms with Crippen LogP contribution in [0.2, 0.25) is 0 Å². The molecule has 2 aromatic rings. The van der Waals surface area contributed by atoms with Crippen LogP contribution in [0.15, 0.2) is 28.7 Å². The van der Waals surface area contributed by atoms with E-state index in [1.54, 1.807) is 0 Å². The molecule has 0 spiro atoms. The van der Waals surface area contributed by atoms with Crippen LogP contribution < -0.4 is 5.32 Å². The van der Waals surface area contributed by atoms with Gasteiger partial charge in [0, 0.05) is 16.9 Å². The van der Waals surface area contributed by atoms with Crippen LogP contribution in [0, 0.1) is 18.8 Å². The van der Waals surface area contributed by atoms with E-state index in [1.165, 1.54) is 0 Å². The first-order valence-electron chi connectivity index (χ1n) is 7.98. The van der Waals surface area contributed by atoms with Gasteiger partial charge in [0.2, 0.25) is 5.91 Å². The van der Waals surface area contributed by atoms with Gasteiger partial charge in [-0.05, 0) is 39.2 Å². The number of aryl methyl sites for hydroxylation is 1. The lowest BCUT2D eigenvalue weighted by Crippen LogP contribution is -2.32. The molecule has 23 heavy (non-hydrogen) atoms. The van der Waals surface area contributed by atoms with Crippen molar-refractivity contribution in [2.75, 3.05) is 0 Å². The zero-order chi connectivity index (χ0) is 16.6. The first-order valence-corrected chi connectivity index (χ1v) is 7.98. The second-order valence-electron chi connectivity index (χ2n) is 6.36. The second-order valence-corrected chi connectivity index (χ2v) is 6.36. The number of benzene rings is 1. The van der Waals surface area contributed by atoms with Crippen molar-refractivity contribution < 1.29 is 19.1 Å². The third kappa shape index (κ3) is 2.96. The molecule has 0 radical (unpaired) electrons. The predicted octanol–water partition coefficient (Wildman–Crippen LogP) is 3.42. The highest BCUT2D eigenvalue weighted by molar-refractivity contribution is 5.83. The SMILES string of the molecule is Cc1c(C(C)NC(=O)[C@@H]2CC[C@H](C(=O)O)C2)oc2ccccc12. The zero-order valence-corrected chi connectivity index (χ0v) is 13.3. The molecule has 1 unspecified atom stereocenters. The van der Waals surface area contributed by atoms with Crippen molar-refractivity contribution in [1.82, 2.24) is 5.32 Å². The number of nitrogens with one attached hydrogen (secondary N) is 1. The number of aliphatic carboxylic acids is 1. The fourth-order valence-corrected chi connectivity index (χ4v) is 3.45. The van der Waals surface area contributed by atoms with Crippen LogP contribution in [-0.2, 0) is 9.59 Å². The fraction of sp³-hybridized carbons (Fsp3) is 0.444. The van der Waals surface area contributed by atoms with E-state index in [-0.39, 0.29) is 17.9 Å². The van der Waals surface area contributed by atoms with Gasteiger partial charge in [0.1, 0.15) is 11.3 Å². The molecule has 1 aliphatic rings. The van der Waals surface area contributed by atoms with Gasteiger partial charge in [0.15, 0.2) is 0 Å². The molecule has 0 saturated heterocycles. The third-order valence-electron chi connectivity index (χ3n) is 4.79. The molecular formula is C18H21NO4. The van der Waals surface area contributed by atoms with Crippen molar-refractivity contribution in [3.8, 4) is 0 Å². The van der Waals surface area contributed by atoms with E-state index in [1.807, 2.05) is 38.1 Å². The number of rotatable bonds is 4. The largest absolute Gasteiger partial charge is 0.481 e. The summed E-state index contributed by atoms with van der Waals surface area (Å²) in [5.41, 5.74) is 1.84. The number of carbonyl (C=O) groups excluding carboxylic acids is 1. The molecule has 3 rings (SSSR count). The molecule has 1 saturated carbocycles. The Labute approximate surface area is 134 Å². The summed E-state index contributed by atoms with van der Waals surface area (Å²) in [6, 6.07) is 7.56. The summed E-state index contributed by atoms with van der Waals surface area (Å²) in [6.45, 7) is 3.88. The maximum atomic E-state index is 12.4. The third-order valence-corrected chi connectivity index (χ3v) is 4.79. The average Bonchev–Trinajstić information content (AvgIpc) is 3.13. The van der Waals surface area contributed by atoms with Crippen molar-refractivity contribution in [2.24, 2.45) is 11.8 Å². The van der Waals surface area contributed by atoms with Crippen LogP contribution in [0.3, 0.4) is 0 Å². The van der Waals surface area contributed by atoms with E-state index < -0.39 is 11.9 Å². The molecule has 1 aliphatic carbocycles. The van der Waals surface area contributed by atoms with Crippen LogP contribution in [-0.4, -0.2) is 17.0 Å². The Balaban J connectivity index is 1.71. The molecule has 1 fully saturated rings. The molecule has 3 atom stereocenters. The lowest BCUT2D eigenvalue weighted by Gasteiger charge is -2.16. The van der Waals surface area contributed by atoms with Crippen molar-refractivity contribution in [3.63, 3.8) is 0 Å². The number of hydrogen-bond acceptors (Lipinski definition) is 3. The van der Waals surface area contributed by atoms with Crippen LogP contribution in [0.25, 0.3) is 11.0 Å². The number of hydrogen-bond donors (Lipinski definition) is 2. The minimum Gasteiger partial charge on any atom is -0.481 e. The van der Waals surface area contributed by atoms with Crippen LogP contribution in [0.1, 0.15) is 43.6 Å². The molecule has 1 aromatic heterocycles. The molecule has 1 aromatic carbocycles. The topological polar surface area (TPSA) is 79.5 Å². The van der Waals surface area contributed by atoms with Crippen molar-refractivity contribution in [1.29, 1.82) is 0 Å². The van der Waals surface area contributed by atoms with E-state index >= 15 is 0 Å². The van der Waals surface area contributed by atoms with E-state index in [4.69, 9.17) is 9.52 Å². The van der Waals surface area contributed by atoms with Crippen LogP contribution in [0.5, 0.6) is 0 Å². The summed E-state index contributed by atoms with van der Waals surface area (Å²) in [5.74, 6) is -0.743. The maximum absolute atomic E-state index is 12.4. The van der Waals surface area contributed by atoms with Crippen LogP contribution >= 0.6 is 0 Å². The van der Waals surface area contributed by atoms with Crippen LogP contribution in [0.4, 0.5) is 0 Å². The molecule has 1 amide bonds. The number of amides is 1. The van der Waals surface area contributed by atoms with Gasteiger partial charge >= 0.3 is 5.97 Å². The molecule has 5 heteroatoms. The molecule has 122 valence electrons. The Hall–Kier alpha value is -2.30. The van der Waals surface area contributed by atoms with Gasteiger partial charge < -0.3 is 14.8 Å². The number of para-hydroxylation sites is 1. The Bertz CT molecular complexity index is 749. The summed E-state index contributed by atoms with van der Waals surface area (Å²) >= 11 is 0. The van der Waals surface area contributed by atoms with E-state index in [2.05, 4.69) is 5.32 Å². The molecule has 2 N–H and O–H groups in total. The van der Waals surface area contributed by atoms with E-state index in [0.717, 1.165) is 22.3 Å². The summed E-state index contributed by atoms with van der Waals surface area (Å²) in [5, 5.41) is 13.1. The Morgan fingerprint density at radius 2 is 1.96 bits per heavy atom. The molecular weight excluding hydrogens is 294 g/mol. The fourth-order valence-electron chi connectivity index (χ4n) is 3.45. The van der Waals surface area contributed by atoms with Crippen molar-refractivity contribution in [3.05, 3.63) is 35.6 Å². The lowest BCUT2D eigenvalue weighted by molar-refractivity contribution is -0.141. The molecule has 0 aliphatic heterocycles. The minimum absolute atomic E-state index is 0.0823. The first kappa shape index (κ1) is 15.6. The highest BCUT2D eigenvalue weighted by Gasteiger charge is 2.34. The van der Waals surface area contributed by atoms with Gasteiger partial charge in [-0.3, -0.25) is 9.59 Å². The Morgan fingerprint density at radius 3 is 2.61 bits per heavy atom. The molecule has 0 bridgehead atoms. The highest BCUT2D eigenvalue weighted by Crippen LogP contribution is 2.33. The Kier molecular flexibility index (Phi) is 4.11. The van der Waals surface area contributed by atoms with Gasteiger partial charge in [-0.15, -0.1) is 0 Å². The van der Waals surface area contributed by atoms with E-state index in [0.29, 0.717) is 19.3 Å². The summed E-state index contributed by atoms with van der Waals surface area (Å²) < 4.78 is 5.87. The standard InChI is InChI=1S/C18H21NO4/c1-10-14-5-3-4-6-15(14)23-16(10)11(2)19-17(20)12-7-8-13(9-12)18(21)22/h3-6,11-13H,7-9H2,1-2H3,(H,19,20)(H,21,22)/t11?,12-,13+/m1/s1. The second kappa shape index (κ2) is 6.07. The summed E-state index contributed by atoms with van der Waals surface area (Å²) in [6.07, 6.45) is 1.63. The number of fused-ring (bicyclic) bond motifs is 1. The van der Waals surface area contributed by atoms with Gasteiger partial charge in [0.05, 0.1) is 12.0 Å². The first-order chi connectivity index (χ1) is 11.0. The zero-order valence-electron chi connectivity index (χ0n) is 13.3. The lowest BCUT2D eigenvalue weighted by atomic mass is 10.0. The monoisotopic (exact) mass is 315 g/mol. The summed E-state index contributed by atoms with van der Waals surface area (Å²) in [4.78, 5) is 23.4. The number of carboxylic acid groups (broad SMARTS) is 1. The van der Waals surface area contributed by atoms with Gasteiger partial charge in [0.25, 0.3) is 0 Å². The van der Waals surface area contributed by atoms with Gasteiger partial charge in [-0.25, -0.2) is 0 Å².